The van der Waals surface area contributed by atoms with Crippen molar-refractivity contribution in [3.63, 3.8) is 0 Å². The van der Waals surface area contributed by atoms with Gasteiger partial charge in [0.2, 0.25) is 0 Å². The summed E-state index contributed by atoms with van der Waals surface area (Å²) in [6.07, 6.45) is 12.4. The summed E-state index contributed by atoms with van der Waals surface area (Å²) in [5.74, 6) is 0.303. The topological polar surface area (TPSA) is 35.5 Å². The van der Waals surface area contributed by atoms with Gasteiger partial charge in [0.1, 0.15) is 5.75 Å². The van der Waals surface area contributed by atoms with Crippen molar-refractivity contribution in [3.05, 3.63) is 52.0 Å². The quantitative estimate of drug-likeness (QED) is 0.189. The molecule has 3 nitrogen and oxygen atoms in total. The van der Waals surface area contributed by atoms with Gasteiger partial charge in [-0.25, -0.2) is 4.79 Å². The lowest BCUT2D eigenvalue weighted by Gasteiger charge is -2.12. The summed E-state index contributed by atoms with van der Waals surface area (Å²) in [5.41, 5.74) is 1.78. The number of benzene rings is 2. The van der Waals surface area contributed by atoms with Crippen molar-refractivity contribution in [2.24, 2.45) is 0 Å². The largest absolute Gasteiger partial charge is 0.494 e. The SMILES string of the molecule is CCCCCCCCCCCCOC(=O)c1ccc(Cl)c(-c2cc(OCC)c[c]c2Cl)c1. The molecular weight excluding hydrogens is 443 g/mol. The lowest BCUT2D eigenvalue weighted by atomic mass is 10.0. The average molecular weight is 478 g/mol. The van der Waals surface area contributed by atoms with Crippen LogP contribution in [0.25, 0.3) is 11.1 Å². The van der Waals surface area contributed by atoms with Gasteiger partial charge in [0.05, 0.1) is 23.8 Å². The van der Waals surface area contributed by atoms with Crippen molar-refractivity contribution in [1.29, 1.82) is 0 Å². The molecule has 2 aromatic carbocycles. The highest BCUT2D eigenvalue weighted by Gasteiger charge is 2.14. The number of rotatable bonds is 15. The van der Waals surface area contributed by atoms with E-state index in [1.165, 1.54) is 51.4 Å². The third kappa shape index (κ3) is 9.03. The van der Waals surface area contributed by atoms with Crippen molar-refractivity contribution < 1.29 is 14.3 Å². The highest BCUT2D eigenvalue weighted by atomic mass is 35.5. The first-order valence-corrected chi connectivity index (χ1v) is 12.6. The minimum absolute atomic E-state index is 0.347. The minimum Gasteiger partial charge on any atom is -0.494 e. The standard InChI is InChI=1S/C27H35Cl2O3/c1-3-5-6-7-8-9-10-11-12-13-18-32-27(30)21-14-16-25(28)23(19-21)24-20-22(31-4-2)15-17-26(24)29/h14-16,19-20H,3-13,18H2,1-2H3. The third-order valence-corrected chi connectivity index (χ3v) is 6.04. The van der Waals surface area contributed by atoms with Crippen LogP contribution in [0.3, 0.4) is 0 Å². The zero-order valence-electron chi connectivity index (χ0n) is 19.4. The Morgan fingerprint density at radius 3 is 2.19 bits per heavy atom. The van der Waals surface area contributed by atoms with Gasteiger partial charge in [-0.15, -0.1) is 0 Å². The van der Waals surface area contributed by atoms with Gasteiger partial charge < -0.3 is 9.47 Å². The minimum atomic E-state index is -0.347. The predicted octanol–water partition coefficient (Wildman–Crippen LogP) is 8.94. The van der Waals surface area contributed by atoms with Crippen LogP contribution in [-0.2, 0) is 4.74 Å². The van der Waals surface area contributed by atoms with Crippen molar-refractivity contribution in [1.82, 2.24) is 0 Å². The molecule has 0 aromatic heterocycles. The number of halogens is 2. The van der Waals surface area contributed by atoms with E-state index in [4.69, 9.17) is 32.7 Å². The summed E-state index contributed by atoms with van der Waals surface area (Å²) in [7, 11) is 0. The summed E-state index contributed by atoms with van der Waals surface area (Å²) in [6.45, 7) is 5.12. The van der Waals surface area contributed by atoms with Crippen LogP contribution in [0.2, 0.25) is 10.0 Å². The number of carbonyl (C=O) groups excluding carboxylic acids is 1. The molecule has 5 heteroatoms. The summed E-state index contributed by atoms with van der Waals surface area (Å²) < 4.78 is 11.0. The normalized spacial score (nSPS) is 10.9. The van der Waals surface area contributed by atoms with Gasteiger partial charge in [-0.1, -0.05) is 87.9 Å². The van der Waals surface area contributed by atoms with Crippen molar-refractivity contribution in [2.45, 2.75) is 78.1 Å². The van der Waals surface area contributed by atoms with Crippen LogP contribution < -0.4 is 4.74 Å². The van der Waals surface area contributed by atoms with Crippen molar-refractivity contribution in [2.75, 3.05) is 13.2 Å². The lowest BCUT2D eigenvalue weighted by molar-refractivity contribution is 0.0497. The van der Waals surface area contributed by atoms with Crippen LogP contribution in [0, 0.1) is 6.07 Å². The molecule has 0 aliphatic rings. The Kier molecular flexibility index (Phi) is 12.6. The molecule has 0 fully saturated rings. The molecule has 0 amide bonds. The third-order valence-electron chi connectivity index (χ3n) is 5.40. The first kappa shape index (κ1) is 26.5. The van der Waals surface area contributed by atoms with Crippen LogP contribution in [0.15, 0.2) is 30.3 Å². The van der Waals surface area contributed by atoms with Gasteiger partial charge >= 0.3 is 5.97 Å². The Morgan fingerprint density at radius 1 is 0.875 bits per heavy atom. The van der Waals surface area contributed by atoms with Gasteiger partial charge in [0.25, 0.3) is 0 Å². The highest BCUT2D eigenvalue weighted by molar-refractivity contribution is 6.36. The monoisotopic (exact) mass is 477 g/mol. The smallest absolute Gasteiger partial charge is 0.338 e. The molecule has 1 radical (unpaired) electrons. The molecule has 0 aliphatic heterocycles. The summed E-state index contributed by atoms with van der Waals surface area (Å²) in [5, 5.41) is 0.923. The first-order valence-electron chi connectivity index (χ1n) is 11.9. The maximum atomic E-state index is 12.5. The Hall–Kier alpha value is -1.71. The number of hydrogen-bond acceptors (Lipinski definition) is 3. The molecule has 0 unspecified atom stereocenters. The van der Waals surface area contributed by atoms with E-state index in [2.05, 4.69) is 13.0 Å². The molecule has 0 spiro atoms. The van der Waals surface area contributed by atoms with Gasteiger partial charge in [-0.2, -0.15) is 0 Å². The number of ether oxygens (including phenoxy) is 2. The van der Waals surface area contributed by atoms with Crippen LogP contribution >= 0.6 is 23.2 Å². The Bertz CT molecular complexity index is 836. The molecule has 32 heavy (non-hydrogen) atoms. The molecule has 0 heterocycles. The number of hydrogen-bond donors (Lipinski definition) is 0. The maximum Gasteiger partial charge on any atom is 0.338 e. The van der Waals surface area contributed by atoms with Crippen LogP contribution in [-0.4, -0.2) is 19.2 Å². The Labute approximate surface area is 203 Å². The van der Waals surface area contributed by atoms with E-state index >= 15 is 0 Å². The second kappa shape index (κ2) is 15.2. The number of esters is 1. The summed E-state index contributed by atoms with van der Waals surface area (Å²) in [6, 6.07) is 11.6. The van der Waals surface area contributed by atoms with Crippen LogP contribution in [0.1, 0.15) is 88.4 Å². The maximum absolute atomic E-state index is 12.5. The van der Waals surface area contributed by atoms with E-state index in [1.807, 2.05) is 13.0 Å². The molecule has 0 N–H and O–H groups in total. The first-order chi connectivity index (χ1) is 15.6. The molecule has 0 saturated carbocycles. The van der Waals surface area contributed by atoms with Gasteiger partial charge in [-0.3, -0.25) is 0 Å². The van der Waals surface area contributed by atoms with Gasteiger partial charge in [0, 0.05) is 22.2 Å². The predicted molar refractivity (Wildman–Crippen MR) is 134 cm³/mol. The van der Waals surface area contributed by atoms with Crippen molar-refractivity contribution >= 4 is 29.2 Å². The van der Waals surface area contributed by atoms with Gasteiger partial charge in [-0.05, 0) is 43.7 Å². The Balaban J connectivity index is 1.81. The number of unbranched alkanes of at least 4 members (excludes halogenated alkanes) is 9. The van der Waals surface area contributed by atoms with E-state index < -0.39 is 0 Å². The second-order valence-corrected chi connectivity index (χ2v) is 8.79. The molecule has 2 rings (SSSR count). The lowest BCUT2D eigenvalue weighted by Crippen LogP contribution is -2.06. The summed E-state index contributed by atoms with van der Waals surface area (Å²) >= 11 is 12.7. The van der Waals surface area contributed by atoms with E-state index in [0.717, 1.165) is 12.8 Å². The van der Waals surface area contributed by atoms with Crippen LogP contribution in [0.4, 0.5) is 0 Å². The van der Waals surface area contributed by atoms with Crippen LogP contribution in [0.5, 0.6) is 5.75 Å². The molecule has 0 atom stereocenters. The Morgan fingerprint density at radius 2 is 1.53 bits per heavy atom. The fourth-order valence-corrected chi connectivity index (χ4v) is 4.03. The fourth-order valence-electron chi connectivity index (χ4n) is 3.60. The second-order valence-electron chi connectivity index (χ2n) is 8.01. The van der Waals surface area contributed by atoms with E-state index in [1.54, 1.807) is 24.3 Å². The van der Waals surface area contributed by atoms with E-state index in [0.29, 0.717) is 45.7 Å². The zero-order valence-corrected chi connectivity index (χ0v) is 20.9. The average Bonchev–Trinajstić information content (AvgIpc) is 2.79. The highest BCUT2D eigenvalue weighted by Crippen LogP contribution is 2.36. The zero-order chi connectivity index (χ0) is 23.2. The van der Waals surface area contributed by atoms with Gasteiger partial charge in [0.15, 0.2) is 0 Å². The number of carbonyl (C=O) groups is 1. The fraction of sp³-hybridized carbons (Fsp3) is 0.519. The molecule has 0 bridgehead atoms. The van der Waals surface area contributed by atoms with E-state index in [9.17, 15) is 4.79 Å². The summed E-state index contributed by atoms with van der Waals surface area (Å²) in [4.78, 5) is 12.5. The van der Waals surface area contributed by atoms with Crippen molar-refractivity contribution in [3.8, 4) is 16.9 Å². The molecule has 2 aromatic rings. The van der Waals surface area contributed by atoms with E-state index in [-0.39, 0.29) is 5.97 Å². The molecule has 0 aliphatic carbocycles. The molecular formula is C27H35Cl2O3. The molecule has 175 valence electrons. The molecule has 0 saturated heterocycles.